The van der Waals surface area contributed by atoms with Crippen LogP contribution in [-0.2, 0) is 0 Å². The van der Waals surface area contributed by atoms with E-state index in [1.165, 1.54) is 30.4 Å². The first kappa shape index (κ1) is 16.4. The van der Waals surface area contributed by atoms with Gasteiger partial charge in [-0.1, -0.05) is 33.8 Å². The predicted octanol–water partition coefficient (Wildman–Crippen LogP) is 4.81. The second-order valence-corrected chi connectivity index (χ2v) is 7.17. The molecule has 1 aliphatic rings. The minimum Gasteiger partial charge on any atom is -0.487 e. The van der Waals surface area contributed by atoms with Crippen molar-refractivity contribution in [1.82, 2.24) is 5.32 Å². The average Bonchev–Trinajstić information content (AvgIpc) is 2.34. The molecule has 0 saturated heterocycles. The van der Waals surface area contributed by atoms with Gasteiger partial charge in [-0.25, -0.2) is 0 Å². The summed E-state index contributed by atoms with van der Waals surface area (Å²) in [6.45, 7) is 12.1. The fourth-order valence-corrected chi connectivity index (χ4v) is 3.17. The van der Waals surface area contributed by atoms with Gasteiger partial charge < -0.3 is 10.1 Å². The second kappa shape index (κ2) is 6.83. The zero-order chi connectivity index (χ0) is 15.5. The van der Waals surface area contributed by atoms with Gasteiger partial charge >= 0.3 is 0 Å². The number of rotatable bonds is 7. The summed E-state index contributed by atoms with van der Waals surface area (Å²) >= 11 is 0. The molecule has 1 aromatic rings. The highest BCUT2D eigenvalue weighted by Gasteiger charge is 2.38. The van der Waals surface area contributed by atoms with Gasteiger partial charge in [0.25, 0.3) is 0 Å². The Labute approximate surface area is 130 Å². The maximum absolute atomic E-state index is 6.40. The number of hydrogen-bond acceptors (Lipinski definition) is 2. The summed E-state index contributed by atoms with van der Waals surface area (Å²) in [5.41, 5.74) is 2.84. The standard InChI is InChI=1S/C19H31NO/c1-14(2)18-8-7-17(13-16(18)5)21-19(9-6-10-19)11-12-20-15(3)4/h7-8,13-15,20H,6,9-12H2,1-5H3. The van der Waals surface area contributed by atoms with Crippen molar-refractivity contribution in [3.8, 4) is 5.75 Å². The van der Waals surface area contributed by atoms with Crippen LogP contribution >= 0.6 is 0 Å². The molecule has 0 atom stereocenters. The zero-order valence-electron chi connectivity index (χ0n) is 14.3. The molecule has 0 bridgehead atoms. The van der Waals surface area contributed by atoms with Crippen molar-refractivity contribution in [2.75, 3.05) is 6.54 Å². The van der Waals surface area contributed by atoms with E-state index in [-0.39, 0.29) is 5.60 Å². The molecular weight excluding hydrogens is 258 g/mol. The topological polar surface area (TPSA) is 21.3 Å². The molecule has 0 radical (unpaired) electrons. The molecule has 1 aromatic carbocycles. The van der Waals surface area contributed by atoms with Crippen LogP contribution in [0.3, 0.4) is 0 Å². The van der Waals surface area contributed by atoms with Gasteiger partial charge in [-0.3, -0.25) is 0 Å². The molecule has 0 unspecified atom stereocenters. The lowest BCUT2D eigenvalue weighted by atomic mass is 9.77. The van der Waals surface area contributed by atoms with E-state index < -0.39 is 0 Å². The fourth-order valence-electron chi connectivity index (χ4n) is 3.17. The molecule has 1 fully saturated rings. The van der Waals surface area contributed by atoms with E-state index in [0.29, 0.717) is 12.0 Å². The Morgan fingerprint density at radius 3 is 2.38 bits per heavy atom. The lowest BCUT2D eigenvalue weighted by Crippen LogP contribution is -2.46. The Hall–Kier alpha value is -1.02. The first-order valence-electron chi connectivity index (χ1n) is 8.45. The summed E-state index contributed by atoms with van der Waals surface area (Å²) in [7, 11) is 0. The van der Waals surface area contributed by atoms with Crippen LogP contribution in [0.5, 0.6) is 5.75 Å². The number of benzene rings is 1. The van der Waals surface area contributed by atoms with E-state index in [0.717, 1.165) is 18.7 Å². The molecule has 2 nitrogen and oxygen atoms in total. The van der Waals surface area contributed by atoms with Crippen LogP contribution in [-0.4, -0.2) is 18.2 Å². The SMILES string of the molecule is Cc1cc(OC2(CCNC(C)C)CCC2)ccc1C(C)C. The zero-order valence-corrected chi connectivity index (χ0v) is 14.3. The highest BCUT2D eigenvalue weighted by Crippen LogP contribution is 2.39. The molecule has 0 aromatic heterocycles. The summed E-state index contributed by atoms with van der Waals surface area (Å²) < 4.78 is 6.40. The van der Waals surface area contributed by atoms with Crippen molar-refractivity contribution in [2.24, 2.45) is 0 Å². The minimum atomic E-state index is 0.0771. The minimum absolute atomic E-state index is 0.0771. The van der Waals surface area contributed by atoms with Crippen molar-refractivity contribution < 1.29 is 4.74 Å². The predicted molar refractivity (Wildman–Crippen MR) is 90.2 cm³/mol. The van der Waals surface area contributed by atoms with Crippen molar-refractivity contribution in [1.29, 1.82) is 0 Å². The van der Waals surface area contributed by atoms with Crippen molar-refractivity contribution >= 4 is 0 Å². The number of aryl methyl sites for hydroxylation is 1. The van der Waals surface area contributed by atoms with Crippen LogP contribution in [0.15, 0.2) is 18.2 Å². The number of hydrogen-bond donors (Lipinski definition) is 1. The van der Waals surface area contributed by atoms with E-state index >= 15 is 0 Å². The molecular formula is C19H31NO. The summed E-state index contributed by atoms with van der Waals surface area (Å²) in [5.74, 6) is 1.62. The molecule has 118 valence electrons. The highest BCUT2D eigenvalue weighted by atomic mass is 16.5. The first-order valence-corrected chi connectivity index (χ1v) is 8.45. The third-order valence-electron chi connectivity index (χ3n) is 4.60. The van der Waals surface area contributed by atoms with Crippen LogP contribution in [0.4, 0.5) is 0 Å². The molecule has 2 heteroatoms. The van der Waals surface area contributed by atoms with Gasteiger partial charge in [-0.05, 0) is 68.3 Å². The van der Waals surface area contributed by atoms with E-state index in [4.69, 9.17) is 4.74 Å². The largest absolute Gasteiger partial charge is 0.487 e. The smallest absolute Gasteiger partial charge is 0.120 e. The molecule has 1 aliphatic carbocycles. The van der Waals surface area contributed by atoms with Gasteiger partial charge in [0, 0.05) is 6.04 Å². The Morgan fingerprint density at radius 1 is 1.19 bits per heavy atom. The lowest BCUT2D eigenvalue weighted by Gasteiger charge is -2.42. The third-order valence-corrected chi connectivity index (χ3v) is 4.60. The summed E-state index contributed by atoms with van der Waals surface area (Å²) in [6.07, 6.45) is 4.79. The molecule has 2 rings (SSSR count). The summed E-state index contributed by atoms with van der Waals surface area (Å²) in [6, 6.07) is 7.15. The van der Waals surface area contributed by atoms with Crippen LogP contribution in [0.25, 0.3) is 0 Å². The van der Waals surface area contributed by atoms with Gasteiger partial charge in [0.2, 0.25) is 0 Å². The van der Waals surface area contributed by atoms with Gasteiger partial charge in [0.15, 0.2) is 0 Å². The van der Waals surface area contributed by atoms with Crippen LogP contribution in [0.1, 0.15) is 70.4 Å². The monoisotopic (exact) mass is 289 g/mol. The van der Waals surface area contributed by atoms with Crippen LogP contribution in [0.2, 0.25) is 0 Å². The first-order chi connectivity index (χ1) is 9.92. The number of ether oxygens (including phenoxy) is 1. The van der Waals surface area contributed by atoms with Crippen molar-refractivity contribution in [2.45, 2.75) is 77.9 Å². The maximum Gasteiger partial charge on any atom is 0.120 e. The second-order valence-electron chi connectivity index (χ2n) is 7.17. The summed E-state index contributed by atoms with van der Waals surface area (Å²) in [4.78, 5) is 0. The fraction of sp³-hybridized carbons (Fsp3) is 0.684. The van der Waals surface area contributed by atoms with Gasteiger partial charge in [0.1, 0.15) is 11.4 Å². The Morgan fingerprint density at radius 2 is 1.90 bits per heavy atom. The molecule has 0 amide bonds. The average molecular weight is 289 g/mol. The molecule has 1 saturated carbocycles. The quantitative estimate of drug-likeness (QED) is 0.778. The maximum atomic E-state index is 6.40. The van der Waals surface area contributed by atoms with E-state index in [1.54, 1.807) is 0 Å². The van der Waals surface area contributed by atoms with Gasteiger partial charge in [-0.2, -0.15) is 0 Å². The Kier molecular flexibility index (Phi) is 5.32. The molecule has 0 aliphatic heterocycles. The molecule has 0 heterocycles. The lowest BCUT2D eigenvalue weighted by molar-refractivity contribution is -0.0145. The van der Waals surface area contributed by atoms with Crippen LogP contribution < -0.4 is 10.1 Å². The number of nitrogens with one attached hydrogen (secondary N) is 1. The van der Waals surface area contributed by atoms with E-state index in [9.17, 15) is 0 Å². The van der Waals surface area contributed by atoms with Crippen molar-refractivity contribution in [3.63, 3.8) is 0 Å². The Bertz CT molecular complexity index is 461. The molecule has 21 heavy (non-hydrogen) atoms. The molecule has 0 spiro atoms. The van der Waals surface area contributed by atoms with E-state index in [2.05, 4.69) is 58.1 Å². The van der Waals surface area contributed by atoms with Gasteiger partial charge in [-0.15, -0.1) is 0 Å². The summed E-state index contributed by atoms with van der Waals surface area (Å²) in [5, 5.41) is 3.51. The highest BCUT2D eigenvalue weighted by molar-refractivity contribution is 5.37. The Balaban J connectivity index is 2.00. The van der Waals surface area contributed by atoms with E-state index in [1.807, 2.05) is 0 Å². The molecule has 1 N–H and O–H groups in total. The third kappa shape index (κ3) is 4.23. The van der Waals surface area contributed by atoms with Crippen LogP contribution in [0, 0.1) is 6.92 Å². The normalized spacial score (nSPS) is 17.1. The van der Waals surface area contributed by atoms with Crippen molar-refractivity contribution in [3.05, 3.63) is 29.3 Å². The van der Waals surface area contributed by atoms with Gasteiger partial charge in [0.05, 0.1) is 0 Å².